The molecule has 0 bridgehead atoms. The van der Waals surface area contributed by atoms with Gasteiger partial charge in [0.25, 0.3) is 0 Å². The number of aromatic nitrogens is 6. The third-order valence-corrected chi connectivity index (χ3v) is 4.59. The van der Waals surface area contributed by atoms with E-state index in [1.54, 1.807) is 29.9 Å². The average Bonchev–Trinajstić information content (AvgIpc) is 3.48. The minimum atomic E-state index is -0.714. The maximum Gasteiger partial charge on any atom is 0.316 e. The van der Waals surface area contributed by atoms with Gasteiger partial charge in [-0.2, -0.15) is 15.3 Å². The zero-order valence-corrected chi connectivity index (χ0v) is 16.8. The molecule has 4 aromatic rings. The Kier molecular flexibility index (Phi) is 5.46. The Bertz CT molecular complexity index is 1250. The quantitative estimate of drug-likeness (QED) is 0.470. The number of nitrogens with one attached hydrogen (secondary N) is 2. The van der Waals surface area contributed by atoms with Gasteiger partial charge in [0.05, 0.1) is 29.8 Å². The molecule has 3 heterocycles. The molecule has 1 amide bonds. The molecule has 0 aliphatic rings. The highest BCUT2D eigenvalue weighted by Gasteiger charge is 2.19. The molecule has 10 nitrogen and oxygen atoms in total. The van der Waals surface area contributed by atoms with E-state index in [0.717, 1.165) is 0 Å². The minimum absolute atomic E-state index is 0.0155. The van der Waals surface area contributed by atoms with Crippen molar-refractivity contribution in [2.45, 2.75) is 19.5 Å². The lowest BCUT2D eigenvalue weighted by atomic mass is 10.1. The maximum atomic E-state index is 14.0. The molecule has 0 fully saturated rings. The smallest absolute Gasteiger partial charge is 0.316 e. The number of H-pyrrole nitrogens is 1. The van der Waals surface area contributed by atoms with Crippen molar-refractivity contribution in [3.63, 3.8) is 0 Å². The van der Waals surface area contributed by atoms with Crippen molar-refractivity contribution in [2.75, 3.05) is 0 Å². The predicted molar refractivity (Wildman–Crippen MR) is 106 cm³/mol. The summed E-state index contributed by atoms with van der Waals surface area (Å²) in [5, 5.41) is 19.8. The van der Waals surface area contributed by atoms with Crippen LogP contribution < -0.4 is 5.32 Å². The summed E-state index contributed by atoms with van der Waals surface area (Å²) in [7, 11) is 0. The molecule has 12 heteroatoms. The van der Waals surface area contributed by atoms with Crippen molar-refractivity contribution < 1.29 is 13.7 Å². The normalized spacial score (nSPS) is 11.8. The van der Waals surface area contributed by atoms with Gasteiger partial charge in [-0.3, -0.25) is 9.48 Å². The number of nitrogens with zero attached hydrogens (tertiary/aromatic N) is 6. The molecule has 0 aliphatic carbocycles. The molecule has 31 heavy (non-hydrogen) atoms. The topological polar surface area (TPSA) is 138 Å². The van der Waals surface area contributed by atoms with E-state index in [1.165, 1.54) is 24.7 Å². The Morgan fingerprint density at radius 1 is 1.48 bits per heavy atom. The van der Waals surface area contributed by atoms with Crippen molar-refractivity contribution in [1.82, 2.24) is 35.2 Å². The zero-order chi connectivity index (χ0) is 22.0. The van der Waals surface area contributed by atoms with Crippen molar-refractivity contribution in [1.29, 1.82) is 5.26 Å². The van der Waals surface area contributed by atoms with Gasteiger partial charge in [0.1, 0.15) is 23.1 Å². The molecule has 3 aromatic heterocycles. The van der Waals surface area contributed by atoms with Gasteiger partial charge in [0.2, 0.25) is 5.82 Å². The first-order valence-electron chi connectivity index (χ1n) is 9.01. The van der Waals surface area contributed by atoms with E-state index in [-0.39, 0.29) is 28.3 Å². The van der Waals surface area contributed by atoms with Crippen molar-refractivity contribution in [2.24, 2.45) is 0 Å². The highest BCUT2D eigenvalue weighted by atomic mass is 35.5. The minimum Gasteiger partial charge on any atom is -0.344 e. The second-order valence-corrected chi connectivity index (χ2v) is 7.02. The van der Waals surface area contributed by atoms with Gasteiger partial charge in [-0.15, -0.1) is 0 Å². The van der Waals surface area contributed by atoms with Gasteiger partial charge in [-0.25, -0.2) is 9.37 Å². The Hall–Kier alpha value is -4.04. The van der Waals surface area contributed by atoms with E-state index in [4.69, 9.17) is 21.4 Å². The summed E-state index contributed by atoms with van der Waals surface area (Å²) in [6.07, 6.45) is 4.66. The number of halogens is 2. The molecule has 0 radical (unpaired) electrons. The molecule has 156 valence electrons. The number of rotatable bonds is 6. The van der Waals surface area contributed by atoms with E-state index >= 15 is 0 Å². The molecule has 4 rings (SSSR count). The lowest BCUT2D eigenvalue weighted by Gasteiger charge is -2.12. The molecule has 0 saturated heterocycles. The molecule has 2 N–H and O–H groups in total. The molecule has 0 saturated carbocycles. The number of amides is 1. The van der Waals surface area contributed by atoms with E-state index in [2.05, 4.69) is 30.5 Å². The second kappa shape index (κ2) is 8.37. The lowest BCUT2D eigenvalue weighted by Crippen LogP contribution is -2.36. The van der Waals surface area contributed by atoms with Crippen LogP contribution in [0.4, 0.5) is 4.39 Å². The largest absolute Gasteiger partial charge is 0.344 e. The SMILES string of the molecule is CC(Cn1ccc(-c2cc(F)c(C#N)c(Cl)c2)n1)NC(=O)c1nc(-c2cnc[nH]2)no1. The average molecular weight is 441 g/mol. The lowest BCUT2D eigenvalue weighted by molar-refractivity contribution is 0.0891. The van der Waals surface area contributed by atoms with Crippen molar-refractivity contribution in [3.05, 3.63) is 59.2 Å². The fourth-order valence-electron chi connectivity index (χ4n) is 2.86. The van der Waals surface area contributed by atoms with E-state index in [0.29, 0.717) is 23.5 Å². The number of hydrogen-bond donors (Lipinski definition) is 2. The first kappa shape index (κ1) is 20.2. The third kappa shape index (κ3) is 4.29. The van der Waals surface area contributed by atoms with Crippen LogP contribution in [0.2, 0.25) is 5.02 Å². The predicted octanol–water partition coefficient (Wildman–Crippen LogP) is 2.81. The monoisotopic (exact) mass is 440 g/mol. The van der Waals surface area contributed by atoms with Crippen LogP contribution in [0.25, 0.3) is 22.8 Å². The summed E-state index contributed by atoms with van der Waals surface area (Å²) in [4.78, 5) is 23.1. The fourth-order valence-corrected chi connectivity index (χ4v) is 3.11. The first-order chi connectivity index (χ1) is 14.9. The number of imidazole rings is 1. The summed E-state index contributed by atoms with van der Waals surface area (Å²) < 4.78 is 20.6. The molecule has 0 spiro atoms. The van der Waals surface area contributed by atoms with Crippen LogP contribution in [0.5, 0.6) is 0 Å². The van der Waals surface area contributed by atoms with Gasteiger partial charge < -0.3 is 14.8 Å². The highest BCUT2D eigenvalue weighted by molar-refractivity contribution is 6.32. The number of nitriles is 1. The van der Waals surface area contributed by atoms with Crippen LogP contribution in [-0.2, 0) is 6.54 Å². The van der Waals surface area contributed by atoms with Crippen molar-refractivity contribution in [3.8, 4) is 28.8 Å². The Morgan fingerprint density at radius 3 is 3.03 bits per heavy atom. The standard InChI is InChI=1S/C19H14ClFN8O2/c1-10(25-18(30)19-26-17(28-31-19)16-7-23-9-24-16)8-29-3-2-15(27-29)11-4-13(20)12(6-22)14(21)5-11/h2-5,7,9-10H,8H2,1H3,(H,23,24)(H,25,30). The van der Waals surface area contributed by atoms with Gasteiger partial charge in [-0.1, -0.05) is 16.8 Å². The Balaban J connectivity index is 1.41. The molecular formula is C19H14ClFN8O2. The Morgan fingerprint density at radius 2 is 2.32 bits per heavy atom. The maximum absolute atomic E-state index is 14.0. The molecule has 1 atom stereocenters. The summed E-state index contributed by atoms with van der Waals surface area (Å²) in [6, 6.07) is 5.75. The van der Waals surface area contributed by atoms with Gasteiger partial charge in [-0.05, 0) is 25.1 Å². The number of carbonyl (C=O) groups excluding carboxylic acids is 1. The van der Waals surface area contributed by atoms with Crippen molar-refractivity contribution >= 4 is 17.5 Å². The Labute approximate surface area is 179 Å². The van der Waals surface area contributed by atoms with Gasteiger partial charge in [0.15, 0.2) is 0 Å². The van der Waals surface area contributed by atoms with Crippen LogP contribution in [0.3, 0.4) is 0 Å². The number of carbonyl (C=O) groups is 1. The highest BCUT2D eigenvalue weighted by Crippen LogP contribution is 2.26. The van der Waals surface area contributed by atoms with Crippen LogP contribution >= 0.6 is 11.6 Å². The summed E-state index contributed by atoms with van der Waals surface area (Å²) in [5.74, 6) is -1.20. The second-order valence-electron chi connectivity index (χ2n) is 6.61. The van der Waals surface area contributed by atoms with Crippen LogP contribution in [-0.4, -0.2) is 41.8 Å². The number of aromatic amines is 1. The van der Waals surface area contributed by atoms with E-state index in [1.807, 2.05) is 0 Å². The number of hydrogen-bond acceptors (Lipinski definition) is 7. The molecular weight excluding hydrogens is 427 g/mol. The first-order valence-corrected chi connectivity index (χ1v) is 9.38. The summed E-state index contributed by atoms with van der Waals surface area (Å²) >= 11 is 5.96. The fraction of sp³-hybridized carbons (Fsp3) is 0.158. The summed E-state index contributed by atoms with van der Waals surface area (Å²) in [6.45, 7) is 2.11. The van der Waals surface area contributed by atoms with Crippen LogP contribution in [0.1, 0.15) is 23.2 Å². The molecule has 1 unspecified atom stereocenters. The van der Waals surface area contributed by atoms with Gasteiger partial charge >= 0.3 is 11.8 Å². The zero-order valence-electron chi connectivity index (χ0n) is 16.0. The number of benzene rings is 1. The molecule has 1 aromatic carbocycles. The van der Waals surface area contributed by atoms with Crippen LogP contribution in [0.15, 0.2) is 41.4 Å². The van der Waals surface area contributed by atoms with E-state index in [9.17, 15) is 9.18 Å². The summed E-state index contributed by atoms with van der Waals surface area (Å²) in [5.41, 5.74) is 1.23. The third-order valence-electron chi connectivity index (χ3n) is 4.29. The molecule has 0 aliphatic heterocycles. The van der Waals surface area contributed by atoms with Gasteiger partial charge in [0, 0.05) is 17.8 Å². The van der Waals surface area contributed by atoms with Crippen LogP contribution in [0, 0.1) is 17.1 Å². The van der Waals surface area contributed by atoms with E-state index < -0.39 is 11.7 Å².